The van der Waals surface area contributed by atoms with Crippen molar-refractivity contribution in [3.63, 3.8) is 0 Å². The maximum absolute atomic E-state index is 13.0. The summed E-state index contributed by atoms with van der Waals surface area (Å²) in [5.41, 5.74) is 1.83. The fraction of sp³-hybridized carbons (Fsp3) is 0.273. The molecule has 7 nitrogen and oxygen atoms in total. The molecule has 0 bridgehead atoms. The number of hydrogen-bond acceptors (Lipinski definition) is 6. The Morgan fingerprint density at radius 1 is 1.16 bits per heavy atom. The highest BCUT2D eigenvalue weighted by Gasteiger charge is 2.30. The minimum Gasteiger partial charge on any atom is -0.481 e. The molecule has 0 radical (unpaired) electrons. The lowest BCUT2D eigenvalue weighted by atomic mass is 10.2. The van der Waals surface area contributed by atoms with Gasteiger partial charge in [-0.3, -0.25) is 10.1 Å². The van der Waals surface area contributed by atoms with Gasteiger partial charge in [0.25, 0.3) is 5.91 Å². The van der Waals surface area contributed by atoms with Gasteiger partial charge in [0.05, 0.1) is 17.1 Å². The standard InChI is InChI=1S/C22H23N3O4S2/c1-15-8-10-18(11-9-15)31(27,28)25-13-12-19-20(14-25)30-22(23-19)24-21(26)16(2)29-17-6-4-3-5-7-17/h3-11,16H,12-14H2,1-2H3,(H,23,24,26). The first-order chi connectivity index (χ1) is 14.8. The number of rotatable bonds is 6. The highest BCUT2D eigenvalue weighted by atomic mass is 32.2. The lowest BCUT2D eigenvalue weighted by Gasteiger charge is -2.25. The number of ether oxygens (including phenoxy) is 1. The second-order valence-corrected chi connectivity index (χ2v) is 10.4. The summed E-state index contributed by atoms with van der Waals surface area (Å²) in [6.07, 6.45) is -0.190. The van der Waals surface area contributed by atoms with E-state index >= 15 is 0 Å². The molecule has 2 aromatic carbocycles. The van der Waals surface area contributed by atoms with Crippen LogP contribution in [0.2, 0.25) is 0 Å². The zero-order chi connectivity index (χ0) is 22.0. The number of anilines is 1. The number of thiazole rings is 1. The molecular weight excluding hydrogens is 434 g/mol. The molecule has 3 aromatic rings. The minimum absolute atomic E-state index is 0.245. The molecular formula is C22H23N3O4S2. The predicted molar refractivity (Wildman–Crippen MR) is 120 cm³/mol. The van der Waals surface area contributed by atoms with E-state index in [0.29, 0.717) is 23.8 Å². The van der Waals surface area contributed by atoms with Crippen molar-refractivity contribution in [3.05, 3.63) is 70.7 Å². The fourth-order valence-corrected chi connectivity index (χ4v) is 5.77. The number of sulfonamides is 1. The number of aryl methyl sites for hydroxylation is 1. The Morgan fingerprint density at radius 2 is 1.87 bits per heavy atom. The monoisotopic (exact) mass is 457 g/mol. The van der Waals surface area contributed by atoms with Crippen molar-refractivity contribution in [1.82, 2.24) is 9.29 Å². The predicted octanol–water partition coefficient (Wildman–Crippen LogP) is 3.60. The van der Waals surface area contributed by atoms with Gasteiger partial charge in [-0.25, -0.2) is 13.4 Å². The first-order valence-electron chi connectivity index (χ1n) is 9.91. The van der Waals surface area contributed by atoms with Gasteiger partial charge in [0.1, 0.15) is 5.75 Å². The van der Waals surface area contributed by atoms with Gasteiger partial charge in [0.2, 0.25) is 10.0 Å². The molecule has 1 aliphatic rings. The zero-order valence-electron chi connectivity index (χ0n) is 17.2. The summed E-state index contributed by atoms with van der Waals surface area (Å²) < 4.78 is 33.1. The average Bonchev–Trinajstić information content (AvgIpc) is 3.16. The Kier molecular flexibility index (Phi) is 6.08. The third-order valence-corrected chi connectivity index (χ3v) is 7.87. The topological polar surface area (TPSA) is 88.6 Å². The summed E-state index contributed by atoms with van der Waals surface area (Å²) in [5, 5.41) is 3.24. The van der Waals surface area contributed by atoms with E-state index in [1.54, 1.807) is 43.3 Å². The number of aromatic nitrogens is 1. The van der Waals surface area contributed by atoms with Crippen molar-refractivity contribution in [2.75, 3.05) is 11.9 Å². The fourth-order valence-electron chi connectivity index (χ4n) is 3.25. The second-order valence-electron chi connectivity index (χ2n) is 7.35. The van der Waals surface area contributed by atoms with E-state index in [4.69, 9.17) is 4.74 Å². The van der Waals surface area contributed by atoms with E-state index in [-0.39, 0.29) is 17.3 Å². The van der Waals surface area contributed by atoms with Crippen LogP contribution in [0, 0.1) is 6.92 Å². The summed E-state index contributed by atoms with van der Waals surface area (Å²) >= 11 is 1.30. The lowest BCUT2D eigenvalue weighted by Crippen LogP contribution is -2.35. The van der Waals surface area contributed by atoms with Crippen molar-refractivity contribution in [2.45, 2.75) is 37.8 Å². The maximum Gasteiger partial charge on any atom is 0.266 e. The van der Waals surface area contributed by atoms with Crippen LogP contribution in [0.5, 0.6) is 5.75 Å². The summed E-state index contributed by atoms with van der Waals surface area (Å²) in [5.74, 6) is 0.305. The molecule has 1 amide bonds. The van der Waals surface area contributed by atoms with E-state index in [1.807, 2.05) is 25.1 Å². The molecule has 1 unspecified atom stereocenters. The molecule has 2 heterocycles. The Labute approximate surface area is 185 Å². The van der Waals surface area contributed by atoms with Crippen LogP contribution in [0.1, 0.15) is 23.1 Å². The van der Waals surface area contributed by atoms with E-state index in [1.165, 1.54) is 15.6 Å². The van der Waals surface area contributed by atoms with Crippen LogP contribution in [0.4, 0.5) is 5.13 Å². The summed E-state index contributed by atoms with van der Waals surface area (Å²) in [4.78, 5) is 18.1. The summed E-state index contributed by atoms with van der Waals surface area (Å²) in [6, 6.07) is 16.0. The normalized spacial score (nSPS) is 15.2. The quantitative estimate of drug-likeness (QED) is 0.611. The Balaban J connectivity index is 1.43. The largest absolute Gasteiger partial charge is 0.481 e. The number of para-hydroxylation sites is 1. The number of amides is 1. The van der Waals surface area contributed by atoms with Gasteiger partial charge in [-0.05, 0) is 38.1 Å². The first kappa shape index (κ1) is 21.5. The summed E-state index contributed by atoms with van der Waals surface area (Å²) in [6.45, 7) is 4.19. The number of carbonyl (C=O) groups excluding carboxylic acids is 1. The number of nitrogens with zero attached hydrogens (tertiary/aromatic N) is 2. The molecule has 31 heavy (non-hydrogen) atoms. The molecule has 162 valence electrons. The lowest BCUT2D eigenvalue weighted by molar-refractivity contribution is -0.122. The molecule has 0 saturated carbocycles. The molecule has 1 aromatic heterocycles. The average molecular weight is 458 g/mol. The van der Waals surface area contributed by atoms with Crippen LogP contribution in [0.15, 0.2) is 59.5 Å². The number of benzene rings is 2. The molecule has 0 saturated heterocycles. The summed E-state index contributed by atoms with van der Waals surface area (Å²) in [7, 11) is -3.58. The van der Waals surface area contributed by atoms with Gasteiger partial charge in [-0.2, -0.15) is 4.31 Å². The van der Waals surface area contributed by atoms with E-state index in [2.05, 4.69) is 10.3 Å². The molecule has 1 atom stereocenters. The van der Waals surface area contributed by atoms with Crippen LogP contribution in [0.25, 0.3) is 0 Å². The molecule has 0 aliphatic carbocycles. The zero-order valence-corrected chi connectivity index (χ0v) is 18.9. The maximum atomic E-state index is 13.0. The van der Waals surface area contributed by atoms with Gasteiger partial charge in [0.15, 0.2) is 11.2 Å². The van der Waals surface area contributed by atoms with Crippen LogP contribution >= 0.6 is 11.3 Å². The molecule has 1 aliphatic heterocycles. The SMILES string of the molecule is Cc1ccc(S(=O)(=O)N2CCc3nc(NC(=O)C(C)Oc4ccccc4)sc3C2)cc1. The Hall–Kier alpha value is -2.75. The number of hydrogen-bond donors (Lipinski definition) is 1. The Bertz CT molecular complexity index is 1180. The molecule has 1 N–H and O–H groups in total. The third kappa shape index (κ3) is 4.79. The van der Waals surface area contributed by atoms with Crippen LogP contribution in [-0.4, -0.2) is 36.3 Å². The van der Waals surface area contributed by atoms with Crippen molar-refractivity contribution >= 4 is 32.4 Å². The van der Waals surface area contributed by atoms with E-state index < -0.39 is 16.1 Å². The number of nitrogens with one attached hydrogen (secondary N) is 1. The molecule has 4 rings (SSSR count). The molecule has 9 heteroatoms. The minimum atomic E-state index is -3.58. The highest BCUT2D eigenvalue weighted by Crippen LogP contribution is 2.31. The third-order valence-electron chi connectivity index (χ3n) is 5.01. The van der Waals surface area contributed by atoms with Gasteiger partial charge >= 0.3 is 0 Å². The van der Waals surface area contributed by atoms with Gasteiger partial charge in [-0.15, -0.1) is 11.3 Å². The van der Waals surface area contributed by atoms with Gasteiger partial charge in [0, 0.05) is 17.8 Å². The molecule has 0 fully saturated rings. The Morgan fingerprint density at radius 3 is 2.58 bits per heavy atom. The van der Waals surface area contributed by atoms with Crippen LogP contribution in [0.3, 0.4) is 0 Å². The molecule has 0 spiro atoms. The van der Waals surface area contributed by atoms with E-state index in [9.17, 15) is 13.2 Å². The van der Waals surface area contributed by atoms with Crippen LogP contribution in [-0.2, 0) is 27.8 Å². The van der Waals surface area contributed by atoms with Crippen molar-refractivity contribution in [1.29, 1.82) is 0 Å². The second kappa shape index (κ2) is 8.78. The van der Waals surface area contributed by atoms with Crippen molar-refractivity contribution < 1.29 is 17.9 Å². The van der Waals surface area contributed by atoms with Gasteiger partial charge < -0.3 is 4.74 Å². The van der Waals surface area contributed by atoms with E-state index in [0.717, 1.165) is 16.1 Å². The van der Waals surface area contributed by atoms with Gasteiger partial charge in [-0.1, -0.05) is 35.9 Å². The smallest absolute Gasteiger partial charge is 0.266 e. The number of carbonyl (C=O) groups is 1. The van der Waals surface area contributed by atoms with Crippen molar-refractivity contribution in [2.24, 2.45) is 0 Å². The first-order valence-corrected chi connectivity index (χ1v) is 12.2. The number of fused-ring (bicyclic) bond motifs is 1. The van der Waals surface area contributed by atoms with Crippen molar-refractivity contribution in [3.8, 4) is 5.75 Å². The van der Waals surface area contributed by atoms with Crippen LogP contribution < -0.4 is 10.1 Å². The highest BCUT2D eigenvalue weighted by molar-refractivity contribution is 7.89.